The summed E-state index contributed by atoms with van der Waals surface area (Å²) in [6.07, 6.45) is 8.23. The van der Waals surface area contributed by atoms with E-state index >= 15 is 0 Å². The quantitative estimate of drug-likeness (QED) is 0.820. The fourth-order valence-corrected chi connectivity index (χ4v) is 3.38. The Morgan fingerprint density at radius 2 is 2.32 bits per heavy atom. The molecular formula is C14H23N3O2. The van der Waals surface area contributed by atoms with Gasteiger partial charge in [-0.3, -0.25) is 9.58 Å². The molecule has 1 aromatic heterocycles. The van der Waals surface area contributed by atoms with Crippen molar-refractivity contribution >= 4 is 0 Å². The minimum absolute atomic E-state index is 0.296. The third kappa shape index (κ3) is 2.83. The molecule has 5 nitrogen and oxygen atoms in total. The minimum Gasteiger partial charge on any atom is -0.382 e. The molecule has 0 radical (unpaired) electrons. The number of likely N-dealkylation sites (tertiary alicyclic amines) is 1. The van der Waals surface area contributed by atoms with Gasteiger partial charge in [0.2, 0.25) is 0 Å². The predicted octanol–water partition coefficient (Wildman–Crippen LogP) is 1.19. The standard InChI is InChI=1S/C14H23N3O2/c1-16-8-11(7-15-16)9-17-6-5-14-13(17)4-3-12(19-14)10-18-2/h7-8,12-14H,3-6,9-10H2,1-2H3/t12-,13-,14-/m0/s1. The Kier molecular flexibility index (Phi) is 3.86. The summed E-state index contributed by atoms with van der Waals surface area (Å²) in [5.41, 5.74) is 1.29. The van der Waals surface area contributed by atoms with E-state index in [9.17, 15) is 0 Å². The van der Waals surface area contributed by atoms with Gasteiger partial charge in [0.25, 0.3) is 0 Å². The molecule has 0 aliphatic carbocycles. The van der Waals surface area contributed by atoms with E-state index in [1.54, 1.807) is 7.11 Å². The van der Waals surface area contributed by atoms with E-state index < -0.39 is 0 Å². The third-order valence-corrected chi connectivity index (χ3v) is 4.25. The SMILES string of the molecule is COC[C@@H]1CC[C@H]2[C@H](CCN2Cc2cnn(C)c2)O1. The van der Waals surface area contributed by atoms with Gasteiger partial charge in [0, 0.05) is 45.0 Å². The highest BCUT2D eigenvalue weighted by Gasteiger charge is 2.39. The number of aryl methyl sites for hydroxylation is 1. The van der Waals surface area contributed by atoms with E-state index in [1.807, 2.05) is 17.9 Å². The average Bonchev–Trinajstić information content (AvgIpc) is 2.97. The number of methoxy groups -OCH3 is 1. The highest BCUT2D eigenvalue weighted by atomic mass is 16.5. The smallest absolute Gasteiger partial charge is 0.0813 e. The van der Waals surface area contributed by atoms with Crippen LogP contribution in [0.15, 0.2) is 12.4 Å². The highest BCUT2D eigenvalue weighted by molar-refractivity contribution is 5.05. The molecule has 2 aliphatic rings. The lowest BCUT2D eigenvalue weighted by Crippen LogP contribution is -2.43. The monoisotopic (exact) mass is 265 g/mol. The van der Waals surface area contributed by atoms with E-state index in [-0.39, 0.29) is 0 Å². The first-order chi connectivity index (χ1) is 9.26. The maximum Gasteiger partial charge on any atom is 0.0813 e. The summed E-state index contributed by atoms with van der Waals surface area (Å²) >= 11 is 0. The summed E-state index contributed by atoms with van der Waals surface area (Å²) in [6, 6.07) is 0.577. The van der Waals surface area contributed by atoms with Crippen molar-refractivity contribution in [3.63, 3.8) is 0 Å². The average molecular weight is 265 g/mol. The number of ether oxygens (including phenoxy) is 2. The minimum atomic E-state index is 0.296. The molecule has 0 saturated carbocycles. The van der Waals surface area contributed by atoms with E-state index in [0.717, 1.165) is 32.5 Å². The molecule has 5 heteroatoms. The molecule has 0 unspecified atom stereocenters. The lowest BCUT2D eigenvalue weighted by atomic mass is 9.99. The van der Waals surface area contributed by atoms with Gasteiger partial charge in [-0.25, -0.2) is 0 Å². The molecule has 3 heterocycles. The Bertz CT molecular complexity index is 421. The van der Waals surface area contributed by atoms with Gasteiger partial charge in [0.05, 0.1) is 25.0 Å². The lowest BCUT2D eigenvalue weighted by Gasteiger charge is -2.35. The summed E-state index contributed by atoms with van der Waals surface area (Å²) in [5.74, 6) is 0. The van der Waals surface area contributed by atoms with Gasteiger partial charge >= 0.3 is 0 Å². The van der Waals surface area contributed by atoms with Gasteiger partial charge in [-0.05, 0) is 19.3 Å². The van der Waals surface area contributed by atoms with Crippen molar-refractivity contribution in [2.45, 2.75) is 44.1 Å². The highest BCUT2D eigenvalue weighted by Crippen LogP contribution is 2.32. The van der Waals surface area contributed by atoms with Crippen LogP contribution in [-0.2, 0) is 23.1 Å². The summed E-state index contributed by atoms with van der Waals surface area (Å²) in [6.45, 7) is 2.85. The van der Waals surface area contributed by atoms with Crippen LogP contribution in [0.4, 0.5) is 0 Å². The molecule has 2 fully saturated rings. The van der Waals surface area contributed by atoms with Crippen molar-refractivity contribution in [3.05, 3.63) is 18.0 Å². The van der Waals surface area contributed by atoms with Gasteiger partial charge in [0.1, 0.15) is 0 Å². The van der Waals surface area contributed by atoms with Crippen molar-refractivity contribution in [3.8, 4) is 0 Å². The molecule has 0 aromatic carbocycles. The van der Waals surface area contributed by atoms with Gasteiger partial charge in [-0.2, -0.15) is 5.10 Å². The van der Waals surface area contributed by atoms with Gasteiger partial charge in [0.15, 0.2) is 0 Å². The number of hydrogen-bond donors (Lipinski definition) is 0. The lowest BCUT2D eigenvalue weighted by molar-refractivity contribution is -0.0938. The Labute approximate surface area is 114 Å². The summed E-state index contributed by atoms with van der Waals surface area (Å²) in [7, 11) is 3.72. The van der Waals surface area contributed by atoms with Crippen LogP contribution >= 0.6 is 0 Å². The van der Waals surface area contributed by atoms with Crippen LogP contribution in [0, 0.1) is 0 Å². The van der Waals surface area contributed by atoms with Crippen LogP contribution < -0.4 is 0 Å². The van der Waals surface area contributed by atoms with Gasteiger partial charge < -0.3 is 9.47 Å². The predicted molar refractivity (Wildman–Crippen MR) is 71.8 cm³/mol. The number of nitrogens with zero attached hydrogens (tertiary/aromatic N) is 3. The van der Waals surface area contributed by atoms with Crippen molar-refractivity contribution in [1.82, 2.24) is 14.7 Å². The Morgan fingerprint density at radius 1 is 1.42 bits per heavy atom. The van der Waals surface area contributed by atoms with Crippen LogP contribution in [0.2, 0.25) is 0 Å². The van der Waals surface area contributed by atoms with Crippen LogP contribution in [0.3, 0.4) is 0 Å². The second-order valence-electron chi connectivity index (χ2n) is 5.68. The molecule has 3 rings (SSSR count). The van der Waals surface area contributed by atoms with E-state index in [4.69, 9.17) is 9.47 Å². The molecule has 2 aliphatic heterocycles. The topological polar surface area (TPSA) is 39.5 Å². The van der Waals surface area contributed by atoms with Crippen LogP contribution in [-0.4, -0.2) is 53.2 Å². The third-order valence-electron chi connectivity index (χ3n) is 4.25. The number of hydrogen-bond acceptors (Lipinski definition) is 4. The van der Waals surface area contributed by atoms with E-state index in [2.05, 4.69) is 16.2 Å². The normalized spacial score (nSPS) is 31.6. The van der Waals surface area contributed by atoms with E-state index in [0.29, 0.717) is 18.2 Å². The zero-order chi connectivity index (χ0) is 13.2. The fourth-order valence-electron chi connectivity index (χ4n) is 3.38. The molecule has 0 amide bonds. The molecule has 106 valence electrons. The fraction of sp³-hybridized carbons (Fsp3) is 0.786. The van der Waals surface area contributed by atoms with Gasteiger partial charge in [-0.15, -0.1) is 0 Å². The van der Waals surface area contributed by atoms with Crippen molar-refractivity contribution in [2.24, 2.45) is 7.05 Å². The zero-order valence-corrected chi connectivity index (χ0v) is 11.8. The first-order valence-electron chi connectivity index (χ1n) is 7.12. The van der Waals surface area contributed by atoms with Crippen LogP contribution in [0.25, 0.3) is 0 Å². The molecular weight excluding hydrogens is 242 g/mol. The Morgan fingerprint density at radius 3 is 3.05 bits per heavy atom. The summed E-state index contributed by atoms with van der Waals surface area (Å²) < 4.78 is 13.2. The summed E-state index contributed by atoms with van der Waals surface area (Å²) in [4.78, 5) is 2.55. The molecule has 19 heavy (non-hydrogen) atoms. The van der Waals surface area contributed by atoms with Crippen molar-refractivity contribution in [1.29, 1.82) is 0 Å². The maximum absolute atomic E-state index is 6.14. The van der Waals surface area contributed by atoms with Crippen LogP contribution in [0.1, 0.15) is 24.8 Å². The molecule has 0 bridgehead atoms. The van der Waals surface area contributed by atoms with Gasteiger partial charge in [-0.1, -0.05) is 0 Å². The second-order valence-corrected chi connectivity index (χ2v) is 5.68. The summed E-state index contributed by atoms with van der Waals surface area (Å²) in [5, 5.41) is 4.24. The molecule has 0 N–H and O–H groups in total. The number of aromatic nitrogens is 2. The zero-order valence-electron chi connectivity index (χ0n) is 11.8. The Balaban J connectivity index is 1.58. The van der Waals surface area contributed by atoms with E-state index in [1.165, 1.54) is 12.0 Å². The van der Waals surface area contributed by atoms with Crippen molar-refractivity contribution < 1.29 is 9.47 Å². The maximum atomic E-state index is 6.14. The first kappa shape index (κ1) is 13.1. The largest absolute Gasteiger partial charge is 0.382 e. The number of fused-ring (bicyclic) bond motifs is 1. The molecule has 0 spiro atoms. The molecule has 2 saturated heterocycles. The van der Waals surface area contributed by atoms with Crippen molar-refractivity contribution in [2.75, 3.05) is 20.3 Å². The molecule has 1 aromatic rings. The first-order valence-corrected chi connectivity index (χ1v) is 7.12. The number of rotatable bonds is 4. The molecule has 3 atom stereocenters. The Hall–Kier alpha value is -0.910. The second kappa shape index (κ2) is 5.61. The van der Waals surface area contributed by atoms with Crippen LogP contribution in [0.5, 0.6) is 0 Å².